The van der Waals surface area contributed by atoms with Gasteiger partial charge in [-0.05, 0) is 50.1 Å². The van der Waals surface area contributed by atoms with E-state index < -0.39 is 0 Å². The topological polar surface area (TPSA) is 41.1 Å². The molecule has 2 rings (SSSR count). The normalized spacial score (nSPS) is 10.4. The van der Waals surface area contributed by atoms with Crippen LogP contribution in [0.1, 0.15) is 23.1 Å². The fourth-order valence-electron chi connectivity index (χ4n) is 2.19. The second kappa shape index (κ2) is 7.32. The number of amides is 1. The molecule has 0 aliphatic rings. The predicted octanol–water partition coefficient (Wildman–Crippen LogP) is 4.71. The summed E-state index contributed by atoms with van der Waals surface area (Å²) in [4.78, 5) is 12.0. The molecule has 0 aliphatic heterocycles. The zero-order chi connectivity index (χ0) is 16.1. The highest BCUT2D eigenvalue weighted by Gasteiger charge is 2.05. The molecule has 3 nitrogen and oxygen atoms in total. The smallest absolute Gasteiger partial charge is 0.226 e. The van der Waals surface area contributed by atoms with E-state index in [1.807, 2.05) is 51.1 Å². The van der Waals surface area contributed by atoms with E-state index in [9.17, 15) is 4.79 Å². The maximum atomic E-state index is 12.0. The third-order valence-corrected chi connectivity index (χ3v) is 3.92. The van der Waals surface area contributed by atoms with Crippen molar-refractivity contribution in [1.29, 1.82) is 0 Å². The van der Waals surface area contributed by atoms with Crippen molar-refractivity contribution >= 4 is 28.9 Å². The number of benzene rings is 2. The number of hydrogen-bond donors (Lipinski definition) is 2. The number of nitrogens with one attached hydrogen (secondary N) is 2. The fraction of sp³-hybridized carbons (Fsp3) is 0.278. The van der Waals surface area contributed by atoms with Crippen LogP contribution >= 0.6 is 11.6 Å². The quantitative estimate of drug-likeness (QED) is 0.839. The lowest BCUT2D eigenvalue weighted by Gasteiger charge is -2.10. The van der Waals surface area contributed by atoms with Gasteiger partial charge in [-0.25, -0.2) is 0 Å². The Morgan fingerprint density at radius 1 is 1.05 bits per heavy atom. The standard InChI is InChI=1S/C18H21ClN2O/c1-12-4-7-17(14(3)10-12)21-18(22)8-9-20-15-6-5-13(2)16(19)11-15/h4-7,10-11,20H,8-9H2,1-3H3,(H,21,22). The highest BCUT2D eigenvalue weighted by atomic mass is 35.5. The summed E-state index contributed by atoms with van der Waals surface area (Å²) in [5.41, 5.74) is 5.10. The zero-order valence-electron chi connectivity index (χ0n) is 13.2. The number of carbonyl (C=O) groups is 1. The Bertz CT molecular complexity index is 683. The molecular weight excluding hydrogens is 296 g/mol. The summed E-state index contributed by atoms with van der Waals surface area (Å²) in [7, 11) is 0. The van der Waals surface area contributed by atoms with Crippen LogP contribution in [-0.2, 0) is 4.79 Å². The average Bonchev–Trinajstić information content (AvgIpc) is 2.46. The van der Waals surface area contributed by atoms with Crippen molar-refractivity contribution in [2.75, 3.05) is 17.2 Å². The summed E-state index contributed by atoms with van der Waals surface area (Å²) in [5, 5.41) is 6.87. The van der Waals surface area contributed by atoms with Gasteiger partial charge in [0.1, 0.15) is 0 Å². The van der Waals surface area contributed by atoms with Crippen LogP contribution in [0, 0.1) is 20.8 Å². The first-order chi connectivity index (χ1) is 10.5. The summed E-state index contributed by atoms with van der Waals surface area (Å²) < 4.78 is 0. The number of hydrogen-bond acceptors (Lipinski definition) is 2. The highest BCUT2D eigenvalue weighted by Crippen LogP contribution is 2.20. The Labute approximate surface area is 136 Å². The molecule has 0 saturated heterocycles. The number of anilines is 2. The van der Waals surface area contributed by atoms with Crippen molar-refractivity contribution in [2.24, 2.45) is 0 Å². The molecule has 0 aliphatic carbocycles. The van der Waals surface area contributed by atoms with Crippen LogP contribution in [0.5, 0.6) is 0 Å². The number of halogens is 1. The molecule has 0 atom stereocenters. The second-order valence-corrected chi connectivity index (χ2v) is 5.91. The van der Waals surface area contributed by atoms with Crippen LogP contribution in [0.4, 0.5) is 11.4 Å². The van der Waals surface area contributed by atoms with Gasteiger partial charge in [0.15, 0.2) is 0 Å². The van der Waals surface area contributed by atoms with Gasteiger partial charge in [0.05, 0.1) is 0 Å². The van der Waals surface area contributed by atoms with Crippen molar-refractivity contribution in [3.63, 3.8) is 0 Å². The summed E-state index contributed by atoms with van der Waals surface area (Å²) in [6.07, 6.45) is 0.402. The van der Waals surface area contributed by atoms with Gasteiger partial charge in [0.2, 0.25) is 5.91 Å². The number of rotatable bonds is 5. The van der Waals surface area contributed by atoms with Gasteiger partial charge >= 0.3 is 0 Å². The first kappa shape index (κ1) is 16.4. The Morgan fingerprint density at radius 2 is 1.82 bits per heavy atom. The molecule has 0 heterocycles. The Morgan fingerprint density at radius 3 is 2.50 bits per heavy atom. The minimum absolute atomic E-state index is 0.00217. The van der Waals surface area contributed by atoms with Crippen molar-refractivity contribution in [3.05, 3.63) is 58.1 Å². The minimum Gasteiger partial charge on any atom is -0.384 e. The van der Waals surface area contributed by atoms with Crippen LogP contribution in [0.25, 0.3) is 0 Å². The van der Waals surface area contributed by atoms with E-state index in [0.29, 0.717) is 13.0 Å². The van der Waals surface area contributed by atoms with Gasteiger partial charge in [-0.15, -0.1) is 0 Å². The molecule has 2 N–H and O–H groups in total. The van der Waals surface area contributed by atoms with Crippen LogP contribution in [-0.4, -0.2) is 12.5 Å². The molecule has 0 radical (unpaired) electrons. The number of carbonyl (C=O) groups excluding carboxylic acids is 1. The lowest BCUT2D eigenvalue weighted by molar-refractivity contribution is -0.115. The van der Waals surface area contributed by atoms with Gasteiger partial charge in [-0.1, -0.05) is 35.4 Å². The molecule has 1 amide bonds. The van der Waals surface area contributed by atoms with Gasteiger partial charge in [-0.3, -0.25) is 4.79 Å². The van der Waals surface area contributed by atoms with Gasteiger partial charge < -0.3 is 10.6 Å². The van der Waals surface area contributed by atoms with E-state index in [1.165, 1.54) is 5.56 Å². The number of aryl methyl sites for hydroxylation is 3. The van der Waals surface area contributed by atoms with E-state index in [-0.39, 0.29) is 5.91 Å². The summed E-state index contributed by atoms with van der Waals surface area (Å²) in [5.74, 6) is -0.00217. The lowest BCUT2D eigenvalue weighted by atomic mass is 10.1. The summed E-state index contributed by atoms with van der Waals surface area (Å²) in [6.45, 7) is 6.56. The third kappa shape index (κ3) is 4.50. The van der Waals surface area contributed by atoms with Gasteiger partial charge in [0.25, 0.3) is 0 Å². The molecule has 0 spiro atoms. The lowest BCUT2D eigenvalue weighted by Crippen LogP contribution is -2.16. The maximum Gasteiger partial charge on any atom is 0.226 e. The third-order valence-electron chi connectivity index (χ3n) is 3.51. The Kier molecular flexibility index (Phi) is 5.45. The first-order valence-corrected chi connectivity index (χ1v) is 7.70. The molecule has 0 bridgehead atoms. The molecule has 0 unspecified atom stereocenters. The van der Waals surface area contributed by atoms with E-state index >= 15 is 0 Å². The van der Waals surface area contributed by atoms with E-state index in [1.54, 1.807) is 0 Å². The van der Waals surface area contributed by atoms with Crippen molar-refractivity contribution in [2.45, 2.75) is 27.2 Å². The molecule has 0 saturated carbocycles. The van der Waals surface area contributed by atoms with Crippen molar-refractivity contribution in [3.8, 4) is 0 Å². The molecular formula is C18H21ClN2O. The van der Waals surface area contributed by atoms with Crippen LogP contribution in [0.3, 0.4) is 0 Å². The predicted molar refractivity (Wildman–Crippen MR) is 93.8 cm³/mol. The van der Waals surface area contributed by atoms with E-state index in [4.69, 9.17) is 11.6 Å². The molecule has 0 aromatic heterocycles. The molecule has 4 heteroatoms. The van der Waals surface area contributed by atoms with Gasteiger partial charge in [-0.2, -0.15) is 0 Å². The van der Waals surface area contributed by atoms with E-state index in [0.717, 1.165) is 27.5 Å². The van der Waals surface area contributed by atoms with Crippen molar-refractivity contribution in [1.82, 2.24) is 0 Å². The fourth-order valence-corrected chi connectivity index (χ4v) is 2.37. The van der Waals surface area contributed by atoms with Crippen LogP contribution < -0.4 is 10.6 Å². The van der Waals surface area contributed by atoms with Crippen molar-refractivity contribution < 1.29 is 4.79 Å². The van der Waals surface area contributed by atoms with Crippen LogP contribution in [0.15, 0.2) is 36.4 Å². The largest absolute Gasteiger partial charge is 0.384 e. The monoisotopic (exact) mass is 316 g/mol. The SMILES string of the molecule is Cc1ccc(NC(=O)CCNc2ccc(C)c(Cl)c2)c(C)c1. The van der Waals surface area contributed by atoms with Gasteiger partial charge in [0, 0.05) is 29.4 Å². The summed E-state index contributed by atoms with van der Waals surface area (Å²) in [6, 6.07) is 11.8. The zero-order valence-corrected chi connectivity index (χ0v) is 13.9. The molecule has 22 heavy (non-hydrogen) atoms. The Balaban J connectivity index is 1.83. The Hall–Kier alpha value is -2.00. The van der Waals surface area contributed by atoms with E-state index in [2.05, 4.69) is 16.7 Å². The second-order valence-electron chi connectivity index (χ2n) is 5.51. The maximum absolute atomic E-state index is 12.0. The molecule has 116 valence electrons. The molecule has 2 aromatic rings. The highest BCUT2D eigenvalue weighted by molar-refractivity contribution is 6.31. The molecule has 2 aromatic carbocycles. The van der Waals surface area contributed by atoms with Crippen LogP contribution in [0.2, 0.25) is 5.02 Å². The first-order valence-electron chi connectivity index (χ1n) is 7.33. The average molecular weight is 317 g/mol. The summed E-state index contributed by atoms with van der Waals surface area (Å²) >= 11 is 6.07. The minimum atomic E-state index is -0.00217. The molecule has 0 fully saturated rings.